The zero-order valence-corrected chi connectivity index (χ0v) is 8.01. The molecule has 1 fully saturated rings. The summed E-state index contributed by atoms with van der Waals surface area (Å²) < 4.78 is 5.68. The second-order valence-electron chi connectivity index (χ2n) is 1.14. The van der Waals surface area contributed by atoms with Crippen molar-refractivity contribution in [2.75, 3.05) is 8.98 Å². The van der Waals surface area contributed by atoms with Crippen LogP contribution in [0.25, 0.3) is 0 Å². The predicted octanol–water partition coefficient (Wildman–Crippen LogP) is -7.04. The first-order chi connectivity index (χ1) is 3.39. The van der Waals surface area contributed by atoms with Crippen molar-refractivity contribution >= 4 is 0 Å². The third-order valence-electron chi connectivity index (χ3n) is 0.605. The molecule has 1 atom stereocenters. The van der Waals surface area contributed by atoms with Crippen molar-refractivity contribution in [2.24, 2.45) is 0 Å². The van der Waals surface area contributed by atoms with Crippen LogP contribution in [-0.2, 0) is 0 Å². The van der Waals surface area contributed by atoms with Crippen LogP contribution in [0.2, 0.25) is 0 Å². The predicted molar refractivity (Wildman–Crippen MR) is 18.9 cm³/mol. The fourth-order valence-electron chi connectivity index (χ4n) is 0.313. The van der Waals surface area contributed by atoms with E-state index in [1.807, 2.05) is 0 Å². The average Bonchev–Trinajstić information content (AvgIpc) is 1.69. The monoisotopic (exact) mass is 327 g/mol. The molecule has 1 rings (SSSR count). The van der Waals surface area contributed by atoms with E-state index in [9.17, 15) is 0 Å². The quantitative estimate of drug-likeness (QED) is 0.201. The number of nitrogens with one attached hydrogen (secondary N) is 1. The zero-order valence-electron chi connectivity index (χ0n) is 3.69. The van der Waals surface area contributed by atoms with Gasteiger partial charge in [0.2, 0.25) is 0 Å². The van der Waals surface area contributed by atoms with E-state index < -0.39 is 0 Å². The molecule has 0 saturated carbocycles. The maximum absolute atomic E-state index is 8.95. The van der Waals surface area contributed by atoms with E-state index in [0.29, 0.717) is 0 Å². The van der Waals surface area contributed by atoms with Gasteiger partial charge in [0.05, 0.1) is 0 Å². The Hall–Kier alpha value is 1.38. The van der Waals surface area contributed by atoms with Crippen molar-refractivity contribution in [3.63, 3.8) is 0 Å². The topological polar surface area (TPSA) is 32.3 Å². The fourth-order valence-corrected chi connectivity index (χ4v) is 7.28. The summed E-state index contributed by atoms with van der Waals surface area (Å²) in [5.74, 6) is 0. The molecular weight excluding hydrogens is 320 g/mol. The molecule has 2 nitrogen and oxygen atoms in total. The van der Waals surface area contributed by atoms with Crippen LogP contribution in [0.15, 0.2) is 0 Å². The number of hydrogen-bond donors (Lipinski definition) is 2. The summed E-state index contributed by atoms with van der Waals surface area (Å²) in [6, 6.07) is 0. The Morgan fingerprint density at radius 2 is 2.57 bits per heavy atom. The van der Waals surface area contributed by atoms with Crippen molar-refractivity contribution in [1.82, 2.24) is 3.53 Å². The summed E-state index contributed by atoms with van der Waals surface area (Å²) in [5.41, 5.74) is 0. The third-order valence-corrected chi connectivity index (χ3v) is 8.22. The Bertz CT molecular complexity index is 54.9. The van der Waals surface area contributed by atoms with E-state index in [2.05, 4.69) is 3.53 Å². The van der Waals surface area contributed by atoms with Crippen molar-refractivity contribution in [3.8, 4) is 0 Å². The SMILES string of the molecule is OC1C[I-]NC[I-]1. The third kappa shape index (κ3) is 2.43. The van der Waals surface area contributed by atoms with Gasteiger partial charge in [-0.05, 0) is 0 Å². The molecule has 1 unspecified atom stereocenters. The molecule has 1 saturated heterocycles. The van der Waals surface area contributed by atoms with Gasteiger partial charge in [-0.1, -0.05) is 0 Å². The number of alkyl halides is 3. The Morgan fingerprint density at radius 3 is 2.86 bits per heavy atom. The van der Waals surface area contributed by atoms with Crippen molar-refractivity contribution in [1.29, 1.82) is 0 Å². The van der Waals surface area contributed by atoms with Crippen molar-refractivity contribution in [3.05, 3.63) is 0 Å². The van der Waals surface area contributed by atoms with Crippen LogP contribution in [0, 0.1) is 0 Å². The Labute approximate surface area is 63.9 Å². The van der Waals surface area contributed by atoms with Gasteiger partial charge >= 0.3 is 64.4 Å². The summed E-state index contributed by atoms with van der Waals surface area (Å²) in [6.45, 7) is 0. The maximum atomic E-state index is 8.95. The molecule has 2 N–H and O–H groups in total. The fraction of sp³-hybridized carbons (Fsp3) is 1.00. The van der Waals surface area contributed by atoms with Gasteiger partial charge in [0, 0.05) is 0 Å². The van der Waals surface area contributed by atoms with Gasteiger partial charge in [-0.3, -0.25) is 0 Å². The zero-order chi connectivity index (χ0) is 5.11. The Balaban J connectivity index is 2.12. The normalized spacial score (nSPS) is 35.3. The van der Waals surface area contributed by atoms with Crippen LogP contribution in [0.5, 0.6) is 0 Å². The number of aliphatic hydroxyl groups excluding tert-OH is 1. The summed E-state index contributed by atoms with van der Waals surface area (Å²) in [4.78, 5) is 0. The van der Waals surface area contributed by atoms with Crippen molar-refractivity contribution in [2.45, 2.75) is 4.11 Å². The molecular formula is C3H7I2NO-2. The summed E-state index contributed by atoms with van der Waals surface area (Å²) in [5, 5.41) is 8.95. The minimum absolute atomic E-state index is 0.124. The van der Waals surface area contributed by atoms with Crippen molar-refractivity contribution < 1.29 is 47.8 Å². The van der Waals surface area contributed by atoms with Gasteiger partial charge < -0.3 is 0 Å². The molecule has 0 bridgehead atoms. The second kappa shape index (κ2) is 3.41. The van der Waals surface area contributed by atoms with Gasteiger partial charge in [0.1, 0.15) is 0 Å². The first kappa shape index (κ1) is 6.50. The summed E-state index contributed by atoms with van der Waals surface area (Å²) >= 11 is 0.326. The van der Waals surface area contributed by atoms with Crippen LogP contribution >= 0.6 is 0 Å². The first-order valence-electron chi connectivity index (χ1n) is 1.96. The van der Waals surface area contributed by atoms with E-state index in [0.717, 1.165) is 8.98 Å². The van der Waals surface area contributed by atoms with E-state index in [-0.39, 0.29) is 46.8 Å². The Kier molecular flexibility index (Phi) is 3.17. The van der Waals surface area contributed by atoms with Gasteiger partial charge in [0.15, 0.2) is 0 Å². The summed E-state index contributed by atoms with van der Waals surface area (Å²) in [7, 11) is 0. The number of hydrogen-bond acceptors (Lipinski definition) is 2. The van der Waals surface area contributed by atoms with Gasteiger partial charge in [-0.25, -0.2) is 0 Å². The Morgan fingerprint density at radius 1 is 1.71 bits per heavy atom. The van der Waals surface area contributed by atoms with E-state index in [1.54, 1.807) is 0 Å². The number of aliphatic hydroxyl groups is 1. The second-order valence-corrected chi connectivity index (χ2v) is 6.63. The molecule has 1 aliphatic heterocycles. The first-order valence-corrected chi connectivity index (χ1v) is 7.34. The molecule has 1 aliphatic rings. The number of rotatable bonds is 0. The molecule has 0 aromatic carbocycles. The average molecular weight is 327 g/mol. The van der Waals surface area contributed by atoms with Crippen LogP contribution in [0.3, 0.4) is 0 Å². The van der Waals surface area contributed by atoms with Crippen LogP contribution in [0.1, 0.15) is 0 Å². The standard InChI is InChI=1S/C3H7I2NO/c7-3-1-5-6-2-4-3/h3,6-7H,1-2H2/q-2. The van der Waals surface area contributed by atoms with Crippen LogP contribution in [-0.4, -0.2) is 18.2 Å². The molecule has 0 amide bonds. The molecule has 0 aromatic heterocycles. The molecule has 46 valence electrons. The molecule has 4 heteroatoms. The van der Waals surface area contributed by atoms with Crippen LogP contribution < -0.4 is 46.2 Å². The van der Waals surface area contributed by atoms with E-state index in [1.165, 1.54) is 0 Å². The molecule has 7 heavy (non-hydrogen) atoms. The summed E-state index contributed by atoms with van der Waals surface area (Å²) in [6.07, 6.45) is 0. The molecule has 0 radical (unpaired) electrons. The minimum atomic E-state index is 0.124. The molecule has 0 aliphatic carbocycles. The van der Waals surface area contributed by atoms with Gasteiger partial charge in [-0.15, -0.1) is 0 Å². The van der Waals surface area contributed by atoms with Gasteiger partial charge in [0.25, 0.3) is 0 Å². The van der Waals surface area contributed by atoms with Gasteiger partial charge in [-0.2, -0.15) is 0 Å². The molecule has 0 spiro atoms. The molecule has 0 aromatic rings. The molecule has 1 heterocycles. The van der Waals surface area contributed by atoms with E-state index in [4.69, 9.17) is 5.11 Å². The van der Waals surface area contributed by atoms with E-state index >= 15 is 0 Å². The van der Waals surface area contributed by atoms with Crippen LogP contribution in [0.4, 0.5) is 0 Å². The number of halogens is 2.